The first-order valence-corrected chi connectivity index (χ1v) is 8.82. The molecule has 8 heteroatoms. The van der Waals surface area contributed by atoms with Crippen LogP contribution in [0.4, 0.5) is 13.2 Å². The zero-order valence-corrected chi connectivity index (χ0v) is 15.2. The average Bonchev–Trinajstić information content (AvgIpc) is 2.80. The first kappa shape index (κ1) is 19.7. The van der Waals surface area contributed by atoms with E-state index in [4.69, 9.17) is 4.74 Å². The molecular formula is C17H20F3NO3S. The molecule has 1 aliphatic heterocycles. The van der Waals surface area contributed by atoms with Crippen molar-refractivity contribution in [3.05, 3.63) is 35.4 Å². The summed E-state index contributed by atoms with van der Waals surface area (Å²) in [4.78, 5) is 12.0. The van der Waals surface area contributed by atoms with Gasteiger partial charge in [-0.1, -0.05) is 23.8 Å². The predicted molar refractivity (Wildman–Crippen MR) is 90.2 cm³/mol. The van der Waals surface area contributed by atoms with Gasteiger partial charge in [-0.3, -0.25) is 0 Å². The summed E-state index contributed by atoms with van der Waals surface area (Å²) < 4.78 is 58.6. The lowest BCUT2D eigenvalue weighted by Gasteiger charge is -2.26. The van der Waals surface area contributed by atoms with Crippen molar-refractivity contribution in [1.29, 1.82) is 0 Å². The van der Waals surface area contributed by atoms with Crippen molar-refractivity contribution in [2.24, 2.45) is 0 Å². The summed E-state index contributed by atoms with van der Waals surface area (Å²) in [6.07, 6.45) is -5.10. The maximum atomic E-state index is 13.4. The SMILES string of the molecule is C/C(C[C@H](N[S@@](=O)C(C)(C)C)C(F)(F)F)=C1/C(=O)Oc2ccccc21. The van der Waals surface area contributed by atoms with E-state index in [1.165, 1.54) is 6.92 Å². The lowest BCUT2D eigenvalue weighted by molar-refractivity contribution is -0.150. The molecule has 4 nitrogen and oxygen atoms in total. The number of fused-ring (bicyclic) bond motifs is 1. The van der Waals surface area contributed by atoms with E-state index in [0.717, 1.165) is 0 Å². The molecule has 0 saturated carbocycles. The standard InChI is InChI=1S/C17H20F3NO3S/c1-10(14-11-7-5-6-8-12(11)24-15(14)22)9-13(17(18,19)20)21-25(23)16(2,3)4/h5-8,13,21H,9H2,1-4H3/b14-10-/t13-,25-/m0/s1. The highest BCUT2D eigenvalue weighted by molar-refractivity contribution is 7.84. The van der Waals surface area contributed by atoms with E-state index >= 15 is 0 Å². The van der Waals surface area contributed by atoms with E-state index < -0.39 is 40.3 Å². The van der Waals surface area contributed by atoms with Gasteiger partial charge in [-0.2, -0.15) is 13.2 Å². The molecule has 0 saturated heterocycles. The van der Waals surface area contributed by atoms with Crippen molar-refractivity contribution in [1.82, 2.24) is 4.72 Å². The van der Waals surface area contributed by atoms with Crippen molar-refractivity contribution in [3.8, 4) is 5.75 Å². The highest BCUT2D eigenvalue weighted by Gasteiger charge is 2.42. The number of alkyl halides is 3. The van der Waals surface area contributed by atoms with Gasteiger partial charge >= 0.3 is 12.1 Å². The van der Waals surface area contributed by atoms with Crippen LogP contribution in [0.25, 0.3) is 5.57 Å². The van der Waals surface area contributed by atoms with E-state index in [1.807, 2.05) is 0 Å². The van der Waals surface area contributed by atoms with Gasteiger partial charge in [0.1, 0.15) is 11.8 Å². The minimum atomic E-state index is -4.61. The van der Waals surface area contributed by atoms with E-state index in [-0.39, 0.29) is 11.1 Å². The van der Waals surface area contributed by atoms with Crippen LogP contribution in [0.15, 0.2) is 29.8 Å². The van der Waals surface area contributed by atoms with Crippen LogP contribution in [0.3, 0.4) is 0 Å². The van der Waals surface area contributed by atoms with E-state index in [0.29, 0.717) is 11.3 Å². The van der Waals surface area contributed by atoms with E-state index in [2.05, 4.69) is 4.72 Å². The summed E-state index contributed by atoms with van der Waals surface area (Å²) >= 11 is 0. The van der Waals surface area contributed by atoms with Gasteiger partial charge in [0.25, 0.3) is 0 Å². The highest BCUT2D eigenvalue weighted by atomic mass is 32.2. The van der Waals surface area contributed by atoms with Crippen molar-refractivity contribution < 1.29 is 26.9 Å². The minimum absolute atomic E-state index is 0.133. The number of hydrogen-bond donors (Lipinski definition) is 1. The largest absolute Gasteiger partial charge is 0.422 e. The molecule has 1 heterocycles. The third kappa shape index (κ3) is 4.49. The maximum Gasteiger partial charge on any atom is 0.405 e. The van der Waals surface area contributed by atoms with Gasteiger partial charge < -0.3 is 4.74 Å². The third-order valence-electron chi connectivity index (χ3n) is 3.70. The van der Waals surface area contributed by atoms with E-state index in [1.54, 1.807) is 45.0 Å². The Morgan fingerprint density at radius 1 is 1.24 bits per heavy atom. The number of para-hydroxylation sites is 1. The topological polar surface area (TPSA) is 55.4 Å². The number of carbonyl (C=O) groups is 1. The number of rotatable bonds is 4. The van der Waals surface area contributed by atoms with Gasteiger partial charge in [-0.05, 0) is 40.2 Å². The number of carbonyl (C=O) groups excluding carboxylic acids is 1. The first-order valence-electron chi connectivity index (χ1n) is 7.67. The molecule has 0 aromatic heterocycles. The molecule has 0 aliphatic carbocycles. The lowest BCUT2D eigenvalue weighted by atomic mass is 9.97. The summed E-state index contributed by atoms with van der Waals surface area (Å²) in [6.45, 7) is 6.21. The molecule has 2 rings (SSSR count). The van der Waals surface area contributed by atoms with Gasteiger partial charge in [0.2, 0.25) is 0 Å². The number of benzene rings is 1. The van der Waals surface area contributed by atoms with Gasteiger partial charge in [-0.25, -0.2) is 13.7 Å². The predicted octanol–water partition coefficient (Wildman–Crippen LogP) is 3.75. The van der Waals surface area contributed by atoms with Crippen molar-refractivity contribution in [3.63, 3.8) is 0 Å². The Morgan fingerprint density at radius 2 is 1.84 bits per heavy atom. The molecule has 2 atom stereocenters. The second-order valence-electron chi connectivity index (χ2n) is 6.84. The Balaban J connectivity index is 2.33. The van der Waals surface area contributed by atoms with Crippen LogP contribution in [0, 0.1) is 0 Å². The van der Waals surface area contributed by atoms with Gasteiger partial charge in [0, 0.05) is 5.56 Å². The summed E-state index contributed by atoms with van der Waals surface area (Å²) in [6, 6.07) is 4.55. The van der Waals surface area contributed by atoms with Gasteiger partial charge in [-0.15, -0.1) is 0 Å². The fourth-order valence-electron chi connectivity index (χ4n) is 2.37. The zero-order valence-electron chi connectivity index (χ0n) is 14.4. The number of hydrogen-bond acceptors (Lipinski definition) is 3. The minimum Gasteiger partial charge on any atom is -0.422 e. The van der Waals surface area contributed by atoms with Crippen molar-refractivity contribution >= 4 is 22.5 Å². The van der Waals surface area contributed by atoms with Crippen LogP contribution >= 0.6 is 0 Å². The molecule has 0 bridgehead atoms. The fourth-order valence-corrected chi connectivity index (χ4v) is 3.19. The molecule has 0 fully saturated rings. The van der Waals surface area contributed by atoms with Gasteiger partial charge in [0.05, 0.1) is 21.3 Å². The van der Waals surface area contributed by atoms with Crippen LogP contribution in [-0.2, 0) is 15.8 Å². The second-order valence-corrected chi connectivity index (χ2v) is 8.84. The summed E-state index contributed by atoms with van der Waals surface area (Å²) in [5.74, 6) is -0.340. The average molecular weight is 375 g/mol. The fraction of sp³-hybridized carbons (Fsp3) is 0.471. The molecular weight excluding hydrogens is 355 g/mol. The van der Waals surface area contributed by atoms with Crippen LogP contribution in [-0.4, -0.2) is 27.1 Å². The molecule has 0 spiro atoms. The smallest absolute Gasteiger partial charge is 0.405 e. The van der Waals surface area contributed by atoms with Crippen LogP contribution in [0.5, 0.6) is 5.75 Å². The molecule has 0 unspecified atom stereocenters. The monoisotopic (exact) mass is 375 g/mol. The summed E-state index contributed by atoms with van der Waals surface area (Å²) in [5.41, 5.74) is 0.840. The highest BCUT2D eigenvalue weighted by Crippen LogP contribution is 2.38. The van der Waals surface area contributed by atoms with Crippen LogP contribution in [0.2, 0.25) is 0 Å². The molecule has 0 amide bonds. The first-order chi connectivity index (χ1) is 11.4. The molecule has 0 radical (unpaired) electrons. The van der Waals surface area contributed by atoms with Crippen LogP contribution < -0.4 is 9.46 Å². The molecule has 1 N–H and O–H groups in total. The van der Waals surface area contributed by atoms with Crippen molar-refractivity contribution in [2.45, 2.75) is 51.1 Å². The molecule has 1 aliphatic rings. The lowest BCUT2D eigenvalue weighted by Crippen LogP contribution is -2.47. The van der Waals surface area contributed by atoms with Gasteiger partial charge in [0.15, 0.2) is 0 Å². The quantitative estimate of drug-likeness (QED) is 0.495. The Kier molecular flexibility index (Phi) is 5.44. The molecule has 1 aromatic rings. The maximum absolute atomic E-state index is 13.4. The zero-order chi connectivity index (χ0) is 19.0. The third-order valence-corrected chi connectivity index (χ3v) is 5.31. The Bertz CT molecular complexity index is 735. The molecule has 1 aromatic carbocycles. The normalized spacial score (nSPS) is 19.2. The molecule has 138 valence electrons. The number of halogens is 3. The molecule has 25 heavy (non-hydrogen) atoms. The Labute approximate surface area is 147 Å². The van der Waals surface area contributed by atoms with Crippen LogP contribution in [0.1, 0.15) is 39.7 Å². The van der Waals surface area contributed by atoms with E-state index in [9.17, 15) is 22.2 Å². The Morgan fingerprint density at radius 3 is 2.40 bits per heavy atom. The second kappa shape index (κ2) is 6.92. The summed E-state index contributed by atoms with van der Waals surface area (Å²) in [5, 5.41) is 0. The van der Waals surface area contributed by atoms with Crippen molar-refractivity contribution in [2.75, 3.05) is 0 Å². The number of ether oxygens (including phenoxy) is 1. The number of nitrogens with one attached hydrogen (secondary N) is 1. The Hall–Kier alpha value is -1.67. The summed E-state index contributed by atoms with van der Waals surface area (Å²) in [7, 11) is -1.89. The number of esters is 1.